The van der Waals surface area contributed by atoms with E-state index in [1.165, 1.54) is 10.9 Å². The van der Waals surface area contributed by atoms with Gasteiger partial charge in [0.2, 0.25) is 5.91 Å². The molecule has 0 saturated carbocycles. The van der Waals surface area contributed by atoms with E-state index in [0.29, 0.717) is 13.0 Å². The zero-order valence-electron chi connectivity index (χ0n) is 12.2. The summed E-state index contributed by atoms with van der Waals surface area (Å²) in [7, 11) is 0. The van der Waals surface area contributed by atoms with Gasteiger partial charge in [-0.3, -0.25) is 9.89 Å². The Morgan fingerprint density at radius 3 is 2.95 bits per heavy atom. The predicted molar refractivity (Wildman–Crippen MR) is 85.0 cm³/mol. The number of carbonyl (C=O) groups excluding carboxylic acids is 1. The molecule has 22 heavy (non-hydrogen) atoms. The fourth-order valence-corrected chi connectivity index (χ4v) is 2.66. The fourth-order valence-electron chi connectivity index (χ4n) is 2.66. The van der Waals surface area contributed by atoms with Crippen molar-refractivity contribution in [2.45, 2.75) is 25.4 Å². The highest BCUT2D eigenvalue weighted by molar-refractivity contribution is 5.83. The maximum Gasteiger partial charge on any atom is 0.218 e. The Hall–Kier alpha value is -2.60. The van der Waals surface area contributed by atoms with Crippen LogP contribution in [0.1, 0.15) is 17.5 Å². The molecule has 0 aliphatic rings. The van der Waals surface area contributed by atoms with Crippen molar-refractivity contribution >= 4 is 16.8 Å². The molecule has 6 nitrogen and oxygen atoms in total. The Morgan fingerprint density at radius 1 is 1.32 bits per heavy atom. The standard InChI is InChI=1S/C16H19N5O/c17-16(22)6-13(18-7-11-8-20-21-9-11)5-12-10-19-15-4-2-1-3-14(12)15/h1-4,8-10,13,18-19H,5-7H2,(H2,17,22)(H,20,21)/t13-/m0/s1. The van der Waals surface area contributed by atoms with Gasteiger partial charge in [0.05, 0.1) is 6.20 Å². The molecular formula is C16H19N5O. The summed E-state index contributed by atoms with van der Waals surface area (Å²) in [4.78, 5) is 14.6. The minimum atomic E-state index is -0.301. The summed E-state index contributed by atoms with van der Waals surface area (Å²) in [6, 6.07) is 8.13. The number of amides is 1. The zero-order chi connectivity index (χ0) is 15.4. The van der Waals surface area contributed by atoms with Crippen molar-refractivity contribution in [3.05, 3.63) is 54.0 Å². The number of aromatic nitrogens is 3. The first kappa shape index (κ1) is 14.3. The third-order valence-electron chi connectivity index (χ3n) is 3.74. The van der Waals surface area contributed by atoms with Gasteiger partial charge in [0, 0.05) is 47.9 Å². The van der Waals surface area contributed by atoms with Crippen LogP contribution in [0.5, 0.6) is 0 Å². The first-order chi connectivity index (χ1) is 10.7. The van der Waals surface area contributed by atoms with Crippen LogP contribution in [-0.2, 0) is 17.8 Å². The van der Waals surface area contributed by atoms with Crippen LogP contribution in [0.3, 0.4) is 0 Å². The van der Waals surface area contributed by atoms with Crippen LogP contribution in [0.15, 0.2) is 42.9 Å². The number of primary amides is 1. The second-order valence-corrected chi connectivity index (χ2v) is 5.42. The molecular weight excluding hydrogens is 278 g/mol. The Bertz CT molecular complexity index is 747. The number of hydrogen-bond acceptors (Lipinski definition) is 3. The fraction of sp³-hybridized carbons (Fsp3) is 0.250. The molecule has 1 atom stereocenters. The minimum Gasteiger partial charge on any atom is -0.370 e. The van der Waals surface area contributed by atoms with Crippen molar-refractivity contribution in [1.29, 1.82) is 0 Å². The lowest BCUT2D eigenvalue weighted by atomic mass is 10.0. The molecule has 3 rings (SSSR count). The van der Waals surface area contributed by atoms with Crippen LogP contribution >= 0.6 is 0 Å². The molecule has 2 aromatic heterocycles. The highest BCUT2D eigenvalue weighted by Crippen LogP contribution is 2.19. The highest BCUT2D eigenvalue weighted by Gasteiger charge is 2.15. The number of carbonyl (C=O) groups is 1. The Morgan fingerprint density at radius 2 is 2.18 bits per heavy atom. The van der Waals surface area contributed by atoms with Gasteiger partial charge >= 0.3 is 0 Å². The summed E-state index contributed by atoms with van der Waals surface area (Å²) in [6.45, 7) is 0.650. The second-order valence-electron chi connectivity index (χ2n) is 5.42. The molecule has 0 aliphatic heterocycles. The van der Waals surface area contributed by atoms with Crippen LogP contribution in [0.2, 0.25) is 0 Å². The van der Waals surface area contributed by atoms with E-state index in [-0.39, 0.29) is 11.9 Å². The van der Waals surface area contributed by atoms with Gasteiger partial charge in [0.15, 0.2) is 0 Å². The van der Waals surface area contributed by atoms with Gasteiger partial charge in [-0.2, -0.15) is 5.10 Å². The van der Waals surface area contributed by atoms with Crippen LogP contribution in [0.25, 0.3) is 10.9 Å². The Balaban J connectivity index is 1.72. The van der Waals surface area contributed by atoms with Crippen molar-refractivity contribution in [2.75, 3.05) is 0 Å². The number of nitrogens with two attached hydrogens (primary N) is 1. The van der Waals surface area contributed by atoms with Crippen LogP contribution in [-0.4, -0.2) is 27.1 Å². The number of fused-ring (bicyclic) bond motifs is 1. The van der Waals surface area contributed by atoms with Gasteiger partial charge in [-0.15, -0.1) is 0 Å². The van der Waals surface area contributed by atoms with Crippen molar-refractivity contribution < 1.29 is 4.79 Å². The molecule has 0 fully saturated rings. The van der Waals surface area contributed by atoms with Crippen LogP contribution < -0.4 is 11.1 Å². The topological polar surface area (TPSA) is 99.6 Å². The summed E-state index contributed by atoms with van der Waals surface area (Å²) in [5.41, 5.74) is 8.71. The van der Waals surface area contributed by atoms with E-state index in [4.69, 9.17) is 5.73 Å². The van der Waals surface area contributed by atoms with Crippen molar-refractivity contribution in [2.24, 2.45) is 5.73 Å². The van der Waals surface area contributed by atoms with E-state index >= 15 is 0 Å². The van der Waals surface area contributed by atoms with Crippen molar-refractivity contribution in [3.8, 4) is 0 Å². The van der Waals surface area contributed by atoms with Crippen molar-refractivity contribution in [1.82, 2.24) is 20.5 Å². The maximum absolute atomic E-state index is 11.3. The quantitative estimate of drug-likeness (QED) is 0.531. The number of aromatic amines is 2. The molecule has 5 N–H and O–H groups in total. The molecule has 2 heterocycles. The lowest BCUT2D eigenvalue weighted by molar-refractivity contribution is -0.118. The summed E-state index contributed by atoms with van der Waals surface area (Å²) in [6.07, 6.45) is 6.64. The number of nitrogens with zero attached hydrogens (tertiary/aromatic N) is 1. The molecule has 0 spiro atoms. The molecule has 114 valence electrons. The first-order valence-corrected chi connectivity index (χ1v) is 7.26. The molecule has 0 aliphatic carbocycles. The molecule has 0 radical (unpaired) electrons. The van der Waals surface area contributed by atoms with Gasteiger partial charge in [-0.05, 0) is 18.1 Å². The maximum atomic E-state index is 11.3. The normalized spacial score (nSPS) is 12.5. The van der Waals surface area contributed by atoms with Gasteiger partial charge in [-0.1, -0.05) is 18.2 Å². The van der Waals surface area contributed by atoms with E-state index in [2.05, 4.69) is 26.6 Å². The Labute approximate surface area is 128 Å². The Kier molecular flexibility index (Phi) is 4.20. The molecule has 0 bridgehead atoms. The summed E-state index contributed by atoms with van der Waals surface area (Å²) >= 11 is 0. The SMILES string of the molecule is NC(=O)C[C@H](Cc1c[nH]c2ccccc12)NCc1cn[nH]c1. The van der Waals surface area contributed by atoms with E-state index in [9.17, 15) is 4.79 Å². The molecule has 3 aromatic rings. The van der Waals surface area contributed by atoms with E-state index < -0.39 is 0 Å². The largest absolute Gasteiger partial charge is 0.370 e. The van der Waals surface area contributed by atoms with Gasteiger partial charge in [0.25, 0.3) is 0 Å². The highest BCUT2D eigenvalue weighted by atomic mass is 16.1. The molecule has 0 unspecified atom stereocenters. The third-order valence-corrected chi connectivity index (χ3v) is 3.74. The van der Waals surface area contributed by atoms with Crippen molar-refractivity contribution in [3.63, 3.8) is 0 Å². The van der Waals surface area contributed by atoms with E-state index in [0.717, 1.165) is 17.5 Å². The van der Waals surface area contributed by atoms with Gasteiger partial charge in [-0.25, -0.2) is 0 Å². The number of hydrogen-bond donors (Lipinski definition) is 4. The predicted octanol–water partition coefficient (Wildman–Crippen LogP) is 1.47. The number of H-pyrrole nitrogens is 2. The van der Waals surface area contributed by atoms with E-state index in [1.807, 2.05) is 30.6 Å². The minimum absolute atomic E-state index is 0.00777. The number of nitrogens with one attached hydrogen (secondary N) is 3. The number of rotatable bonds is 7. The third kappa shape index (κ3) is 3.35. The number of benzene rings is 1. The summed E-state index contributed by atoms with van der Waals surface area (Å²) in [5, 5.41) is 11.3. The van der Waals surface area contributed by atoms with Gasteiger partial charge < -0.3 is 16.0 Å². The lowest BCUT2D eigenvalue weighted by Gasteiger charge is -2.16. The average Bonchev–Trinajstić information content (AvgIpc) is 3.14. The molecule has 6 heteroatoms. The molecule has 1 amide bonds. The monoisotopic (exact) mass is 297 g/mol. The smallest absolute Gasteiger partial charge is 0.218 e. The zero-order valence-corrected chi connectivity index (χ0v) is 12.2. The van der Waals surface area contributed by atoms with Crippen LogP contribution in [0.4, 0.5) is 0 Å². The lowest BCUT2D eigenvalue weighted by Crippen LogP contribution is -2.34. The average molecular weight is 297 g/mol. The summed E-state index contributed by atoms with van der Waals surface area (Å²) in [5.74, 6) is -0.301. The molecule has 0 saturated heterocycles. The first-order valence-electron chi connectivity index (χ1n) is 7.26. The van der Waals surface area contributed by atoms with Crippen LogP contribution in [0, 0.1) is 0 Å². The molecule has 1 aromatic carbocycles. The van der Waals surface area contributed by atoms with Gasteiger partial charge in [0.1, 0.15) is 0 Å². The number of para-hydroxylation sites is 1. The van der Waals surface area contributed by atoms with E-state index in [1.54, 1.807) is 6.20 Å². The second kappa shape index (κ2) is 6.44. The summed E-state index contributed by atoms with van der Waals surface area (Å²) < 4.78 is 0.